The summed E-state index contributed by atoms with van der Waals surface area (Å²) in [6.45, 7) is 7.44. The fourth-order valence-electron chi connectivity index (χ4n) is 2.47. The van der Waals surface area contributed by atoms with Gasteiger partial charge in [0.2, 0.25) is 0 Å². The van der Waals surface area contributed by atoms with Crippen LogP contribution in [-0.4, -0.2) is 37.0 Å². The average molecular weight is 398 g/mol. The van der Waals surface area contributed by atoms with Gasteiger partial charge < -0.3 is 20.1 Å². The molecule has 0 heterocycles. The fourth-order valence-corrected chi connectivity index (χ4v) is 2.47. The molecule has 0 aliphatic heterocycles. The highest BCUT2D eigenvalue weighted by atomic mass is 16.5. The first-order valence-electron chi connectivity index (χ1n) is 9.38. The number of rotatable bonds is 8. The lowest BCUT2D eigenvalue weighted by molar-refractivity contribution is -0.152. The van der Waals surface area contributed by atoms with Gasteiger partial charge in [-0.25, -0.2) is 0 Å². The molecule has 0 spiro atoms. The Morgan fingerprint density at radius 2 is 1.69 bits per heavy atom. The van der Waals surface area contributed by atoms with Crippen LogP contribution in [0.3, 0.4) is 0 Å². The summed E-state index contributed by atoms with van der Waals surface area (Å²) < 4.78 is 10.4. The van der Waals surface area contributed by atoms with Crippen LogP contribution in [-0.2, 0) is 14.3 Å². The van der Waals surface area contributed by atoms with Crippen molar-refractivity contribution in [3.63, 3.8) is 0 Å². The highest BCUT2D eigenvalue weighted by molar-refractivity contribution is 5.97. The molecular weight excluding hydrogens is 372 g/mol. The second-order valence-corrected chi connectivity index (χ2v) is 6.56. The Morgan fingerprint density at radius 1 is 1.00 bits per heavy atom. The van der Waals surface area contributed by atoms with Gasteiger partial charge in [0.25, 0.3) is 11.8 Å². The Bertz CT molecular complexity index is 877. The molecule has 29 heavy (non-hydrogen) atoms. The summed E-state index contributed by atoms with van der Waals surface area (Å²) in [6, 6.07) is 12.1. The Balaban J connectivity index is 1.80. The maximum Gasteiger partial charge on any atom is 0.326 e. The molecule has 0 unspecified atom stereocenters. The molecule has 2 amide bonds. The van der Waals surface area contributed by atoms with E-state index in [2.05, 4.69) is 10.6 Å². The zero-order chi connectivity index (χ0) is 21.4. The van der Waals surface area contributed by atoms with E-state index in [1.807, 2.05) is 26.8 Å². The lowest BCUT2D eigenvalue weighted by atomic mass is 10.1. The molecule has 2 rings (SSSR count). The Labute approximate surface area is 170 Å². The maximum absolute atomic E-state index is 12.2. The van der Waals surface area contributed by atoms with E-state index in [-0.39, 0.29) is 12.5 Å². The van der Waals surface area contributed by atoms with Crippen molar-refractivity contribution in [3.05, 3.63) is 59.2 Å². The monoisotopic (exact) mass is 398 g/mol. The summed E-state index contributed by atoms with van der Waals surface area (Å²) in [5.41, 5.74) is 3.08. The molecule has 0 radical (unpaired) electrons. The molecule has 2 aromatic rings. The molecule has 154 valence electrons. The van der Waals surface area contributed by atoms with Gasteiger partial charge in [-0.15, -0.1) is 0 Å². The number of aryl methyl sites for hydroxylation is 2. The number of anilines is 1. The van der Waals surface area contributed by atoms with E-state index in [9.17, 15) is 14.4 Å². The molecule has 1 atom stereocenters. The van der Waals surface area contributed by atoms with Crippen LogP contribution in [0.2, 0.25) is 0 Å². The van der Waals surface area contributed by atoms with Gasteiger partial charge >= 0.3 is 5.97 Å². The van der Waals surface area contributed by atoms with Crippen molar-refractivity contribution in [2.45, 2.75) is 33.8 Å². The number of carbonyl (C=O) groups excluding carboxylic acids is 3. The number of nitrogens with one attached hydrogen (secondary N) is 2. The third-order valence-corrected chi connectivity index (χ3v) is 4.27. The minimum absolute atomic E-state index is 0.327. The van der Waals surface area contributed by atoms with E-state index >= 15 is 0 Å². The van der Waals surface area contributed by atoms with Crippen LogP contribution < -0.4 is 15.4 Å². The van der Waals surface area contributed by atoms with E-state index in [1.54, 1.807) is 36.4 Å². The van der Waals surface area contributed by atoms with E-state index in [0.717, 1.165) is 11.1 Å². The molecule has 0 fully saturated rings. The first kappa shape index (κ1) is 21.9. The van der Waals surface area contributed by atoms with E-state index in [4.69, 9.17) is 9.47 Å². The zero-order valence-corrected chi connectivity index (χ0v) is 17.1. The van der Waals surface area contributed by atoms with Gasteiger partial charge in [0.05, 0.1) is 6.61 Å². The van der Waals surface area contributed by atoms with Gasteiger partial charge in [-0.3, -0.25) is 14.4 Å². The molecule has 2 N–H and O–H groups in total. The second-order valence-electron chi connectivity index (χ2n) is 6.56. The Hall–Kier alpha value is -3.35. The summed E-state index contributed by atoms with van der Waals surface area (Å²) in [4.78, 5) is 36.3. The summed E-state index contributed by atoms with van der Waals surface area (Å²) >= 11 is 0. The first-order valence-corrected chi connectivity index (χ1v) is 9.38. The number of amides is 2. The minimum atomic E-state index is -1.01. The van der Waals surface area contributed by atoms with Crippen molar-refractivity contribution in [2.24, 2.45) is 0 Å². The Morgan fingerprint density at radius 3 is 2.31 bits per heavy atom. The van der Waals surface area contributed by atoms with Crippen LogP contribution in [0, 0.1) is 13.8 Å². The number of hydrogen-bond acceptors (Lipinski definition) is 5. The predicted octanol–water partition coefficient (Wildman–Crippen LogP) is 3.00. The van der Waals surface area contributed by atoms with Crippen molar-refractivity contribution in [3.8, 4) is 5.75 Å². The Kier molecular flexibility index (Phi) is 7.77. The number of benzene rings is 2. The third kappa shape index (κ3) is 6.64. The summed E-state index contributed by atoms with van der Waals surface area (Å²) in [5.74, 6) is -0.847. The van der Waals surface area contributed by atoms with Crippen LogP contribution in [0.25, 0.3) is 0 Å². The lowest BCUT2D eigenvalue weighted by Crippen LogP contribution is -2.35. The molecule has 0 aliphatic carbocycles. The predicted molar refractivity (Wildman–Crippen MR) is 110 cm³/mol. The standard InChI is InChI=1S/C22H26N2O5/c1-5-28-19-10-8-18(9-11-19)24-21(26)16(4)29-20(25)13-23-22(27)17-7-6-14(2)15(3)12-17/h6-12,16H,5,13H2,1-4H3,(H,23,27)(H,24,26)/t16-/m0/s1. The van der Waals surface area contributed by atoms with Gasteiger partial charge in [-0.1, -0.05) is 6.07 Å². The zero-order valence-electron chi connectivity index (χ0n) is 17.1. The van der Waals surface area contributed by atoms with Crippen molar-refractivity contribution in [1.29, 1.82) is 0 Å². The second kappa shape index (κ2) is 10.3. The first-order chi connectivity index (χ1) is 13.8. The number of esters is 1. The molecule has 7 heteroatoms. The highest BCUT2D eigenvalue weighted by Crippen LogP contribution is 2.16. The maximum atomic E-state index is 12.2. The largest absolute Gasteiger partial charge is 0.494 e. The topological polar surface area (TPSA) is 93.7 Å². The van der Waals surface area contributed by atoms with Crippen LogP contribution in [0.4, 0.5) is 5.69 Å². The number of hydrogen-bond donors (Lipinski definition) is 2. The molecule has 0 bridgehead atoms. The van der Waals surface area contributed by atoms with Gasteiger partial charge in [-0.05, 0) is 75.2 Å². The summed E-state index contributed by atoms with van der Waals surface area (Å²) in [6.07, 6.45) is -1.01. The third-order valence-electron chi connectivity index (χ3n) is 4.27. The average Bonchev–Trinajstić information content (AvgIpc) is 2.69. The lowest BCUT2D eigenvalue weighted by Gasteiger charge is -2.14. The van der Waals surface area contributed by atoms with Crippen LogP contribution in [0.5, 0.6) is 5.75 Å². The molecular formula is C22H26N2O5. The van der Waals surface area contributed by atoms with Crippen molar-refractivity contribution in [2.75, 3.05) is 18.5 Å². The van der Waals surface area contributed by atoms with Crippen LogP contribution in [0.1, 0.15) is 35.3 Å². The molecule has 0 aliphatic rings. The van der Waals surface area contributed by atoms with Gasteiger partial charge in [0, 0.05) is 11.3 Å². The molecule has 0 saturated heterocycles. The van der Waals surface area contributed by atoms with Crippen molar-refractivity contribution >= 4 is 23.5 Å². The van der Waals surface area contributed by atoms with Gasteiger partial charge in [-0.2, -0.15) is 0 Å². The smallest absolute Gasteiger partial charge is 0.326 e. The number of ether oxygens (including phenoxy) is 2. The van der Waals surface area contributed by atoms with Crippen LogP contribution >= 0.6 is 0 Å². The van der Waals surface area contributed by atoms with Crippen molar-refractivity contribution in [1.82, 2.24) is 5.32 Å². The van der Waals surface area contributed by atoms with E-state index < -0.39 is 18.0 Å². The molecule has 0 aromatic heterocycles. The summed E-state index contributed by atoms with van der Waals surface area (Å²) in [5, 5.41) is 5.16. The molecule has 0 saturated carbocycles. The quantitative estimate of drug-likeness (QED) is 0.667. The highest BCUT2D eigenvalue weighted by Gasteiger charge is 2.18. The number of carbonyl (C=O) groups is 3. The van der Waals surface area contributed by atoms with Crippen LogP contribution in [0.15, 0.2) is 42.5 Å². The summed E-state index contributed by atoms with van der Waals surface area (Å²) in [7, 11) is 0. The molecule has 2 aromatic carbocycles. The normalized spacial score (nSPS) is 11.3. The fraction of sp³-hybridized carbons (Fsp3) is 0.318. The van der Waals surface area contributed by atoms with E-state index in [1.165, 1.54) is 6.92 Å². The molecule has 7 nitrogen and oxygen atoms in total. The van der Waals surface area contributed by atoms with Gasteiger partial charge in [0.15, 0.2) is 6.10 Å². The van der Waals surface area contributed by atoms with Gasteiger partial charge in [0.1, 0.15) is 12.3 Å². The van der Waals surface area contributed by atoms with Crippen molar-refractivity contribution < 1.29 is 23.9 Å². The minimum Gasteiger partial charge on any atom is -0.494 e. The van der Waals surface area contributed by atoms with E-state index in [0.29, 0.717) is 23.6 Å². The SMILES string of the molecule is CCOc1ccc(NC(=O)[C@H](C)OC(=O)CNC(=O)c2ccc(C)c(C)c2)cc1.